The second-order valence-corrected chi connectivity index (χ2v) is 4.41. The summed E-state index contributed by atoms with van der Waals surface area (Å²) in [6, 6.07) is 1.67. The first kappa shape index (κ1) is 16.3. The van der Waals surface area contributed by atoms with E-state index in [1.54, 1.807) is 7.11 Å². The van der Waals surface area contributed by atoms with Crippen LogP contribution in [0.25, 0.3) is 0 Å². The van der Waals surface area contributed by atoms with Crippen molar-refractivity contribution in [3.05, 3.63) is 29.3 Å². The maximum absolute atomic E-state index is 13.6. The van der Waals surface area contributed by atoms with Crippen molar-refractivity contribution in [2.45, 2.75) is 0 Å². The van der Waals surface area contributed by atoms with Gasteiger partial charge in [-0.3, -0.25) is 4.79 Å². The van der Waals surface area contributed by atoms with Crippen LogP contribution in [0.4, 0.5) is 14.5 Å². The molecule has 0 aliphatic rings. The van der Waals surface area contributed by atoms with Crippen LogP contribution in [-0.4, -0.2) is 51.2 Å². The smallest absolute Gasteiger partial charge is 0.254 e. The zero-order valence-electron chi connectivity index (χ0n) is 11.6. The maximum Gasteiger partial charge on any atom is 0.254 e. The van der Waals surface area contributed by atoms with Gasteiger partial charge in [-0.25, -0.2) is 8.78 Å². The van der Waals surface area contributed by atoms with Gasteiger partial charge < -0.3 is 20.7 Å². The summed E-state index contributed by atoms with van der Waals surface area (Å²) in [5.74, 6) is -2.34. The van der Waals surface area contributed by atoms with E-state index in [-0.39, 0.29) is 11.3 Å². The van der Waals surface area contributed by atoms with Crippen molar-refractivity contribution in [3.8, 4) is 0 Å². The largest absolute Gasteiger partial charge is 0.396 e. The number of rotatable bonds is 7. The van der Waals surface area contributed by atoms with Crippen molar-refractivity contribution in [2.24, 2.45) is 0 Å². The molecule has 1 aromatic rings. The quantitative estimate of drug-likeness (QED) is 0.730. The van der Waals surface area contributed by atoms with Crippen LogP contribution in [0.5, 0.6) is 0 Å². The fourth-order valence-corrected chi connectivity index (χ4v) is 1.59. The van der Waals surface area contributed by atoms with Crippen LogP contribution >= 0.6 is 0 Å². The topological polar surface area (TPSA) is 67.6 Å². The number of amides is 1. The van der Waals surface area contributed by atoms with Gasteiger partial charge in [0.2, 0.25) is 0 Å². The van der Waals surface area contributed by atoms with Crippen molar-refractivity contribution in [2.75, 3.05) is 46.1 Å². The number of benzene rings is 1. The summed E-state index contributed by atoms with van der Waals surface area (Å²) >= 11 is 0. The third-order valence-corrected chi connectivity index (χ3v) is 2.77. The van der Waals surface area contributed by atoms with Crippen LogP contribution < -0.4 is 11.1 Å². The predicted molar refractivity (Wildman–Crippen MR) is 72.5 cm³/mol. The van der Waals surface area contributed by atoms with Gasteiger partial charge in [-0.1, -0.05) is 0 Å². The zero-order chi connectivity index (χ0) is 15.1. The normalized spacial score (nSPS) is 10.8. The molecule has 0 aliphatic carbocycles. The first-order valence-corrected chi connectivity index (χ1v) is 6.16. The van der Waals surface area contributed by atoms with E-state index < -0.39 is 17.5 Å². The molecule has 0 heterocycles. The Morgan fingerprint density at radius 1 is 1.40 bits per heavy atom. The number of likely N-dealkylation sites (N-methyl/N-ethyl adjacent to an activating group) is 1. The molecule has 0 aliphatic heterocycles. The monoisotopic (exact) mass is 287 g/mol. The maximum atomic E-state index is 13.6. The molecule has 0 unspecified atom stereocenters. The molecule has 3 N–H and O–H groups in total. The summed E-state index contributed by atoms with van der Waals surface area (Å²) < 4.78 is 31.6. The molecule has 112 valence electrons. The molecule has 1 aromatic carbocycles. The molecular formula is C13H19F2N3O2. The fourth-order valence-electron chi connectivity index (χ4n) is 1.59. The molecular weight excluding hydrogens is 268 g/mol. The van der Waals surface area contributed by atoms with E-state index in [4.69, 9.17) is 10.5 Å². The molecule has 0 aromatic heterocycles. The third kappa shape index (κ3) is 4.75. The van der Waals surface area contributed by atoms with Crippen LogP contribution in [0.1, 0.15) is 10.4 Å². The highest BCUT2D eigenvalue weighted by Crippen LogP contribution is 2.17. The Bertz CT molecular complexity index is 469. The van der Waals surface area contributed by atoms with Crippen LogP contribution in [0.3, 0.4) is 0 Å². The van der Waals surface area contributed by atoms with Gasteiger partial charge in [0.1, 0.15) is 5.82 Å². The average molecular weight is 287 g/mol. The number of methoxy groups -OCH3 is 1. The molecule has 0 bridgehead atoms. The number of nitrogens with two attached hydrogens (primary N) is 1. The molecule has 0 saturated carbocycles. The van der Waals surface area contributed by atoms with Crippen LogP contribution in [0.15, 0.2) is 12.1 Å². The Morgan fingerprint density at radius 2 is 2.10 bits per heavy atom. The number of hydrogen-bond acceptors (Lipinski definition) is 4. The molecule has 0 spiro atoms. The lowest BCUT2D eigenvalue weighted by Gasteiger charge is -2.16. The van der Waals surface area contributed by atoms with Gasteiger partial charge in [0.25, 0.3) is 5.91 Å². The number of anilines is 1. The minimum Gasteiger partial charge on any atom is -0.396 e. The molecule has 5 nitrogen and oxygen atoms in total. The first-order valence-electron chi connectivity index (χ1n) is 6.16. The Balaban J connectivity index is 2.51. The van der Waals surface area contributed by atoms with Crippen LogP contribution in [0.2, 0.25) is 0 Å². The van der Waals surface area contributed by atoms with E-state index >= 15 is 0 Å². The van der Waals surface area contributed by atoms with E-state index in [1.165, 1.54) is 0 Å². The highest BCUT2D eigenvalue weighted by Gasteiger charge is 2.15. The van der Waals surface area contributed by atoms with E-state index in [0.29, 0.717) is 26.2 Å². The van der Waals surface area contributed by atoms with Crippen molar-refractivity contribution < 1.29 is 18.3 Å². The summed E-state index contributed by atoms with van der Waals surface area (Å²) in [5.41, 5.74) is 4.50. The lowest BCUT2D eigenvalue weighted by Crippen LogP contribution is -2.34. The summed E-state index contributed by atoms with van der Waals surface area (Å²) in [5, 5.41) is 2.52. The van der Waals surface area contributed by atoms with Crippen molar-refractivity contribution in [1.82, 2.24) is 10.2 Å². The number of carbonyl (C=O) groups excluding carboxylic acids is 1. The number of halogens is 2. The Labute approximate surface area is 116 Å². The number of nitrogen functional groups attached to an aromatic ring is 1. The Kier molecular flexibility index (Phi) is 6.33. The average Bonchev–Trinajstić information content (AvgIpc) is 2.40. The van der Waals surface area contributed by atoms with E-state index in [1.807, 2.05) is 11.9 Å². The standard InChI is InChI=1S/C13H19F2N3O2/c1-18(5-6-20-2)4-3-17-13(19)10-7-9(14)8-11(16)12(10)15/h7-8H,3-6,16H2,1-2H3,(H,17,19). The SMILES string of the molecule is COCCN(C)CCNC(=O)c1cc(F)cc(N)c1F. The fraction of sp³-hybridized carbons (Fsp3) is 0.462. The summed E-state index contributed by atoms with van der Waals surface area (Å²) in [6.07, 6.45) is 0. The zero-order valence-corrected chi connectivity index (χ0v) is 11.6. The van der Waals surface area contributed by atoms with Crippen molar-refractivity contribution in [1.29, 1.82) is 0 Å². The molecule has 0 saturated heterocycles. The van der Waals surface area contributed by atoms with Gasteiger partial charge >= 0.3 is 0 Å². The molecule has 0 atom stereocenters. The Hall–Kier alpha value is -1.73. The highest BCUT2D eigenvalue weighted by atomic mass is 19.1. The van der Waals surface area contributed by atoms with Crippen LogP contribution in [-0.2, 0) is 4.74 Å². The molecule has 1 amide bonds. The van der Waals surface area contributed by atoms with E-state index in [2.05, 4.69) is 5.32 Å². The lowest BCUT2D eigenvalue weighted by molar-refractivity contribution is 0.0943. The summed E-state index contributed by atoms with van der Waals surface area (Å²) in [7, 11) is 3.47. The third-order valence-electron chi connectivity index (χ3n) is 2.77. The van der Waals surface area contributed by atoms with E-state index in [0.717, 1.165) is 12.1 Å². The van der Waals surface area contributed by atoms with Gasteiger partial charge in [0, 0.05) is 26.7 Å². The van der Waals surface area contributed by atoms with Gasteiger partial charge in [-0.15, -0.1) is 0 Å². The number of ether oxygens (including phenoxy) is 1. The van der Waals surface area contributed by atoms with Crippen molar-refractivity contribution in [3.63, 3.8) is 0 Å². The predicted octanol–water partition coefficient (Wildman–Crippen LogP) is 0.855. The number of nitrogens with one attached hydrogen (secondary N) is 1. The summed E-state index contributed by atoms with van der Waals surface area (Å²) in [4.78, 5) is 13.7. The lowest BCUT2D eigenvalue weighted by atomic mass is 10.1. The summed E-state index contributed by atoms with van der Waals surface area (Å²) in [6.45, 7) is 2.18. The molecule has 20 heavy (non-hydrogen) atoms. The molecule has 1 rings (SSSR count). The minimum atomic E-state index is -0.906. The molecule has 7 heteroatoms. The van der Waals surface area contributed by atoms with Crippen molar-refractivity contribution >= 4 is 11.6 Å². The second-order valence-electron chi connectivity index (χ2n) is 4.41. The van der Waals surface area contributed by atoms with E-state index in [9.17, 15) is 13.6 Å². The van der Waals surface area contributed by atoms with Crippen LogP contribution in [0, 0.1) is 11.6 Å². The molecule has 0 fully saturated rings. The first-order chi connectivity index (χ1) is 9.45. The van der Waals surface area contributed by atoms with Gasteiger partial charge in [-0.05, 0) is 19.2 Å². The second kappa shape index (κ2) is 7.76. The number of nitrogens with zero attached hydrogens (tertiary/aromatic N) is 1. The highest BCUT2D eigenvalue weighted by molar-refractivity contribution is 5.95. The number of hydrogen-bond donors (Lipinski definition) is 2. The van der Waals surface area contributed by atoms with Gasteiger partial charge in [-0.2, -0.15) is 0 Å². The minimum absolute atomic E-state index is 0.314. The van der Waals surface area contributed by atoms with Gasteiger partial charge in [0.15, 0.2) is 5.82 Å². The number of carbonyl (C=O) groups is 1. The molecule has 0 radical (unpaired) electrons. The van der Waals surface area contributed by atoms with Gasteiger partial charge in [0.05, 0.1) is 17.9 Å². The Morgan fingerprint density at radius 3 is 2.75 bits per heavy atom.